The minimum absolute atomic E-state index is 0.381. The molecule has 0 bridgehead atoms. The third-order valence-corrected chi connectivity index (χ3v) is 3.59. The van der Waals surface area contributed by atoms with Crippen LogP contribution in [0.15, 0.2) is 30.2 Å². The molecule has 4 heteroatoms. The molecule has 0 fully saturated rings. The molecule has 0 aliphatic rings. The molecule has 0 atom stereocenters. The van der Waals surface area contributed by atoms with E-state index in [0.29, 0.717) is 15.6 Å². The summed E-state index contributed by atoms with van der Waals surface area (Å²) in [6, 6.07) is 7.72. The lowest BCUT2D eigenvalue weighted by molar-refractivity contribution is 1.34. The maximum Gasteiger partial charge on any atom is 0.134 e. The molecule has 17 heavy (non-hydrogen) atoms. The van der Waals surface area contributed by atoms with Gasteiger partial charge >= 0.3 is 0 Å². The van der Waals surface area contributed by atoms with Crippen LogP contribution in [0.3, 0.4) is 0 Å². The second kappa shape index (κ2) is 4.70. The molecule has 0 unspecified atom stereocenters. The Kier molecular flexibility index (Phi) is 3.28. The lowest BCUT2D eigenvalue weighted by Gasteiger charge is -2.04. The molecule has 0 N–H and O–H groups in total. The van der Waals surface area contributed by atoms with Crippen molar-refractivity contribution >= 4 is 28.5 Å². The first kappa shape index (κ1) is 11.8. The van der Waals surface area contributed by atoms with E-state index in [2.05, 4.69) is 11.6 Å². The summed E-state index contributed by atoms with van der Waals surface area (Å²) >= 11 is 7.57. The summed E-state index contributed by atoms with van der Waals surface area (Å²) in [5, 5.41) is 12.0. The number of nitriles is 1. The summed E-state index contributed by atoms with van der Waals surface area (Å²) < 4.78 is 0. The fraction of sp³-hybridized carbons (Fsp3) is 0.0769. The summed E-state index contributed by atoms with van der Waals surface area (Å²) in [6.07, 6.45) is 0. The first-order valence-corrected chi connectivity index (χ1v) is 6.19. The molecule has 2 aromatic rings. The van der Waals surface area contributed by atoms with Crippen LogP contribution in [-0.2, 0) is 0 Å². The fourth-order valence-corrected chi connectivity index (χ4v) is 2.58. The third-order valence-electron chi connectivity index (χ3n) is 2.38. The summed E-state index contributed by atoms with van der Waals surface area (Å²) in [6.45, 7) is 5.63. The predicted octanol–water partition coefficient (Wildman–Crippen LogP) is 4.31. The molecule has 0 saturated carbocycles. The van der Waals surface area contributed by atoms with Crippen molar-refractivity contribution < 1.29 is 0 Å². The summed E-state index contributed by atoms with van der Waals surface area (Å²) in [5.41, 5.74) is 3.16. The first-order valence-electron chi connectivity index (χ1n) is 4.94. The topological polar surface area (TPSA) is 36.7 Å². The van der Waals surface area contributed by atoms with E-state index in [-0.39, 0.29) is 0 Å². The third kappa shape index (κ3) is 2.23. The average Bonchev–Trinajstić information content (AvgIpc) is 2.77. The van der Waals surface area contributed by atoms with Crippen molar-refractivity contribution in [3.63, 3.8) is 0 Å². The Labute approximate surface area is 109 Å². The van der Waals surface area contributed by atoms with Gasteiger partial charge < -0.3 is 0 Å². The van der Waals surface area contributed by atoms with Gasteiger partial charge in [0.2, 0.25) is 0 Å². The lowest BCUT2D eigenvalue weighted by atomic mass is 10.1. The average molecular weight is 261 g/mol. The van der Waals surface area contributed by atoms with Crippen LogP contribution in [0.5, 0.6) is 0 Å². The van der Waals surface area contributed by atoms with E-state index in [1.807, 2.05) is 36.6 Å². The van der Waals surface area contributed by atoms with Crippen molar-refractivity contribution in [2.24, 2.45) is 0 Å². The van der Waals surface area contributed by atoms with E-state index in [1.165, 1.54) is 11.3 Å². The van der Waals surface area contributed by atoms with Gasteiger partial charge in [-0.25, -0.2) is 4.98 Å². The highest BCUT2D eigenvalue weighted by molar-refractivity contribution is 7.11. The van der Waals surface area contributed by atoms with Crippen LogP contribution in [0.25, 0.3) is 16.8 Å². The highest BCUT2D eigenvalue weighted by atomic mass is 35.5. The molecule has 0 amide bonds. The summed E-state index contributed by atoms with van der Waals surface area (Å²) in [7, 11) is 0. The van der Waals surface area contributed by atoms with Gasteiger partial charge in [-0.1, -0.05) is 30.3 Å². The summed E-state index contributed by atoms with van der Waals surface area (Å²) in [5.74, 6) is 0. The Morgan fingerprint density at radius 2 is 2.29 bits per heavy atom. The van der Waals surface area contributed by atoms with Gasteiger partial charge in [0.25, 0.3) is 0 Å². The molecule has 0 radical (unpaired) electrons. The number of benzene rings is 1. The molecule has 1 aromatic carbocycles. The highest BCUT2D eigenvalue weighted by Crippen LogP contribution is 2.32. The number of thiazole rings is 1. The second-order valence-corrected chi connectivity index (χ2v) is 4.83. The van der Waals surface area contributed by atoms with Gasteiger partial charge in [0.1, 0.15) is 11.1 Å². The zero-order valence-electron chi connectivity index (χ0n) is 9.20. The van der Waals surface area contributed by atoms with Gasteiger partial charge in [-0.05, 0) is 18.6 Å². The Balaban J connectivity index is 2.52. The van der Waals surface area contributed by atoms with Crippen LogP contribution in [0.4, 0.5) is 0 Å². The van der Waals surface area contributed by atoms with Crippen molar-refractivity contribution in [2.45, 2.75) is 6.92 Å². The molecule has 1 aromatic heterocycles. The van der Waals surface area contributed by atoms with Gasteiger partial charge in [0.15, 0.2) is 0 Å². The zero-order chi connectivity index (χ0) is 12.4. The molecule has 0 aliphatic carbocycles. The molecule has 0 saturated heterocycles. The Bertz CT molecular complexity index is 602. The van der Waals surface area contributed by atoms with Crippen molar-refractivity contribution in [3.8, 4) is 17.3 Å². The number of hydrogen-bond donors (Lipinski definition) is 0. The molecule has 84 valence electrons. The Morgan fingerprint density at radius 3 is 2.94 bits per heavy atom. The van der Waals surface area contributed by atoms with Crippen LogP contribution in [-0.4, -0.2) is 4.98 Å². The van der Waals surface area contributed by atoms with E-state index in [0.717, 1.165) is 16.8 Å². The molecule has 2 nitrogen and oxygen atoms in total. The highest BCUT2D eigenvalue weighted by Gasteiger charge is 2.11. The number of hydrogen-bond acceptors (Lipinski definition) is 3. The van der Waals surface area contributed by atoms with Crippen LogP contribution >= 0.6 is 22.9 Å². The smallest absolute Gasteiger partial charge is 0.134 e. The van der Waals surface area contributed by atoms with Gasteiger partial charge in [-0.2, -0.15) is 5.26 Å². The Morgan fingerprint density at radius 1 is 1.53 bits per heavy atom. The van der Waals surface area contributed by atoms with Gasteiger partial charge in [0.05, 0.1) is 16.3 Å². The molecule has 0 spiro atoms. The van der Waals surface area contributed by atoms with Gasteiger partial charge in [0, 0.05) is 10.9 Å². The standard InChI is InChI=1S/C13H9ClN2S/c1-8-4-3-5-10(14)12(8)11-7-17-13(16-11)9(2)6-15/h3-5,7H,2H2,1H3. The summed E-state index contributed by atoms with van der Waals surface area (Å²) in [4.78, 5) is 4.38. The molecule has 0 aliphatic heterocycles. The first-order chi connectivity index (χ1) is 8.13. The second-order valence-electron chi connectivity index (χ2n) is 3.56. The maximum absolute atomic E-state index is 8.77. The van der Waals surface area contributed by atoms with E-state index in [4.69, 9.17) is 16.9 Å². The van der Waals surface area contributed by atoms with Crippen molar-refractivity contribution in [3.05, 3.63) is 45.8 Å². The largest absolute Gasteiger partial charge is 0.235 e. The minimum Gasteiger partial charge on any atom is -0.235 e. The predicted molar refractivity (Wildman–Crippen MR) is 71.9 cm³/mol. The van der Waals surface area contributed by atoms with Crippen molar-refractivity contribution in [1.82, 2.24) is 4.98 Å². The van der Waals surface area contributed by atoms with E-state index in [1.54, 1.807) is 0 Å². The maximum atomic E-state index is 8.77. The number of halogens is 1. The van der Waals surface area contributed by atoms with E-state index < -0.39 is 0 Å². The van der Waals surface area contributed by atoms with Crippen LogP contribution < -0.4 is 0 Å². The van der Waals surface area contributed by atoms with Crippen LogP contribution in [0.1, 0.15) is 10.6 Å². The zero-order valence-corrected chi connectivity index (χ0v) is 10.8. The molecular weight excluding hydrogens is 252 g/mol. The Hall–Kier alpha value is -1.63. The fourth-order valence-electron chi connectivity index (χ4n) is 1.53. The molecular formula is C13H9ClN2S. The van der Waals surface area contributed by atoms with E-state index in [9.17, 15) is 0 Å². The number of aryl methyl sites for hydroxylation is 1. The van der Waals surface area contributed by atoms with E-state index >= 15 is 0 Å². The van der Waals surface area contributed by atoms with Crippen LogP contribution in [0, 0.1) is 18.3 Å². The number of allylic oxidation sites excluding steroid dienone is 1. The quantitative estimate of drug-likeness (QED) is 0.755. The number of nitrogens with zero attached hydrogens (tertiary/aromatic N) is 2. The van der Waals surface area contributed by atoms with Crippen molar-refractivity contribution in [1.29, 1.82) is 5.26 Å². The van der Waals surface area contributed by atoms with Gasteiger partial charge in [-0.3, -0.25) is 0 Å². The monoisotopic (exact) mass is 260 g/mol. The molecule has 1 heterocycles. The SMILES string of the molecule is C=C(C#N)c1nc(-c2c(C)cccc2Cl)cs1. The molecule has 2 rings (SSSR count). The number of aromatic nitrogens is 1. The van der Waals surface area contributed by atoms with Crippen molar-refractivity contribution in [2.75, 3.05) is 0 Å². The lowest BCUT2D eigenvalue weighted by Crippen LogP contribution is -1.86. The number of rotatable bonds is 2. The van der Waals surface area contributed by atoms with Crippen LogP contribution in [0.2, 0.25) is 5.02 Å². The minimum atomic E-state index is 0.381. The normalized spacial score (nSPS) is 9.94. The van der Waals surface area contributed by atoms with Gasteiger partial charge in [-0.15, -0.1) is 11.3 Å².